The van der Waals surface area contributed by atoms with E-state index in [1.165, 1.54) is 88.3 Å². The molecule has 0 amide bonds. The molecule has 0 saturated heterocycles. The standard InChI is InChI=1S/C76H57N3/c1-75(2)69-26-16-14-24-63(69)65-41-38-60(47-71(65)75)77(57-33-28-52(29-34-57)50-18-8-5-9-19-50)59-37-32-54-45-68-67-43-40-62(49-74(67)79(56-22-12-7-13-23-56)73(68)46-55(54)44-59)78(58-35-30-53(31-36-58)51-20-10-6-11-21-51)61-39-42-66-64-25-15-17-27-70(64)76(3,4)72(66)48-61/h5-49H,1-4H3. The highest BCUT2D eigenvalue weighted by atomic mass is 15.1. The summed E-state index contributed by atoms with van der Waals surface area (Å²) in [6.45, 7) is 9.46. The second kappa shape index (κ2) is 17.9. The zero-order valence-electron chi connectivity index (χ0n) is 44.8. The molecule has 0 spiro atoms. The maximum absolute atomic E-state index is 2.47. The number of anilines is 6. The fraction of sp³-hybridized carbons (Fsp3) is 0.0789. The molecule has 1 heterocycles. The molecular formula is C76H57N3. The second-order valence-electron chi connectivity index (χ2n) is 22.6. The van der Waals surface area contributed by atoms with Crippen molar-refractivity contribution in [1.29, 1.82) is 0 Å². The molecule has 1 aromatic heterocycles. The van der Waals surface area contributed by atoms with Crippen molar-refractivity contribution in [2.24, 2.45) is 0 Å². The third-order valence-corrected chi connectivity index (χ3v) is 17.3. The Bertz CT molecular complexity index is 4510. The highest BCUT2D eigenvalue weighted by Gasteiger charge is 2.37. The van der Waals surface area contributed by atoms with Crippen LogP contribution in [0.5, 0.6) is 0 Å². The average Bonchev–Trinajstić information content (AvgIpc) is 4.18. The zero-order valence-corrected chi connectivity index (χ0v) is 44.8. The third-order valence-electron chi connectivity index (χ3n) is 17.3. The fourth-order valence-corrected chi connectivity index (χ4v) is 13.3. The molecule has 3 heteroatoms. The molecule has 0 saturated carbocycles. The number of rotatable bonds is 9. The summed E-state index contributed by atoms with van der Waals surface area (Å²) in [4.78, 5) is 4.89. The van der Waals surface area contributed by atoms with Gasteiger partial charge in [0.2, 0.25) is 0 Å². The molecule has 3 nitrogen and oxygen atoms in total. The summed E-state index contributed by atoms with van der Waals surface area (Å²) >= 11 is 0. The smallest absolute Gasteiger partial charge is 0.0561 e. The van der Waals surface area contributed by atoms with Crippen LogP contribution in [0.3, 0.4) is 0 Å². The van der Waals surface area contributed by atoms with Gasteiger partial charge in [0.05, 0.1) is 11.0 Å². The minimum atomic E-state index is -0.148. The van der Waals surface area contributed by atoms with Gasteiger partial charge < -0.3 is 14.4 Å². The topological polar surface area (TPSA) is 11.4 Å². The summed E-state index contributed by atoms with van der Waals surface area (Å²) in [5, 5.41) is 4.79. The summed E-state index contributed by atoms with van der Waals surface area (Å²) < 4.78 is 2.47. The second-order valence-corrected chi connectivity index (χ2v) is 22.6. The van der Waals surface area contributed by atoms with E-state index in [1.807, 2.05) is 0 Å². The Hall–Kier alpha value is -9.70. The normalized spacial score (nSPS) is 13.5. The highest BCUT2D eigenvalue weighted by Crippen LogP contribution is 2.53. The molecule has 15 rings (SSSR count). The Morgan fingerprint density at radius 1 is 0.266 bits per heavy atom. The van der Waals surface area contributed by atoms with Gasteiger partial charge >= 0.3 is 0 Å². The number of hydrogen-bond acceptors (Lipinski definition) is 2. The van der Waals surface area contributed by atoms with Crippen LogP contribution in [-0.4, -0.2) is 4.57 Å². The van der Waals surface area contributed by atoms with Crippen LogP contribution in [0, 0.1) is 0 Å². The summed E-state index contributed by atoms with van der Waals surface area (Å²) in [7, 11) is 0. The lowest BCUT2D eigenvalue weighted by molar-refractivity contribution is 0.660. The minimum Gasteiger partial charge on any atom is -0.310 e. The van der Waals surface area contributed by atoms with Crippen LogP contribution in [0.4, 0.5) is 34.1 Å². The number of aromatic nitrogens is 1. The Morgan fingerprint density at radius 2 is 0.658 bits per heavy atom. The Labute approximate surface area is 462 Å². The van der Waals surface area contributed by atoms with E-state index in [0.29, 0.717) is 0 Å². The summed E-state index contributed by atoms with van der Waals surface area (Å²) in [6.07, 6.45) is 0. The third kappa shape index (κ3) is 7.48. The number of para-hydroxylation sites is 1. The van der Waals surface area contributed by atoms with Gasteiger partial charge in [0, 0.05) is 61.4 Å². The van der Waals surface area contributed by atoms with Crippen LogP contribution in [0.15, 0.2) is 273 Å². The van der Waals surface area contributed by atoms with Gasteiger partial charge in [0.15, 0.2) is 0 Å². The monoisotopic (exact) mass is 1010 g/mol. The summed E-state index contributed by atoms with van der Waals surface area (Å²) in [6, 6.07) is 101. The van der Waals surface area contributed by atoms with E-state index in [4.69, 9.17) is 0 Å². The first-order valence-corrected chi connectivity index (χ1v) is 27.6. The molecule has 0 N–H and O–H groups in total. The molecule has 0 fully saturated rings. The van der Waals surface area contributed by atoms with Gasteiger partial charge in [-0.1, -0.05) is 204 Å². The fourth-order valence-electron chi connectivity index (χ4n) is 13.3. The van der Waals surface area contributed by atoms with E-state index in [1.54, 1.807) is 0 Å². The molecule has 13 aromatic rings. The lowest BCUT2D eigenvalue weighted by Gasteiger charge is -2.28. The van der Waals surface area contributed by atoms with Crippen LogP contribution in [0.25, 0.3) is 82.8 Å². The van der Waals surface area contributed by atoms with Gasteiger partial charge in [0.1, 0.15) is 0 Å². The lowest BCUT2D eigenvalue weighted by Crippen LogP contribution is -2.16. The van der Waals surface area contributed by atoms with Crippen LogP contribution in [0.1, 0.15) is 49.9 Å². The van der Waals surface area contributed by atoms with E-state index < -0.39 is 0 Å². The van der Waals surface area contributed by atoms with Crippen LogP contribution in [0.2, 0.25) is 0 Å². The molecule has 2 aliphatic rings. The van der Waals surface area contributed by atoms with Crippen molar-refractivity contribution in [2.75, 3.05) is 9.80 Å². The van der Waals surface area contributed by atoms with E-state index in [-0.39, 0.29) is 10.8 Å². The SMILES string of the molecule is CC1(C)c2ccccc2-c2ccc(N(c3ccc(-c4ccccc4)cc3)c3ccc4cc5c6ccc(N(c7ccc(-c8ccccc8)cc7)c7ccc8c(c7)C(C)(C)c7ccccc7-8)cc6n(-c6ccccc6)c5cc4c3)cc21. The van der Waals surface area contributed by atoms with Crippen LogP contribution in [-0.2, 0) is 10.8 Å². The van der Waals surface area contributed by atoms with Crippen LogP contribution < -0.4 is 9.80 Å². The molecular weight excluding hydrogens is 955 g/mol. The van der Waals surface area contributed by atoms with Crippen molar-refractivity contribution < 1.29 is 0 Å². The van der Waals surface area contributed by atoms with Gasteiger partial charge in [-0.2, -0.15) is 0 Å². The Morgan fingerprint density at radius 3 is 1.19 bits per heavy atom. The predicted octanol–water partition coefficient (Wildman–Crippen LogP) is 20.8. The lowest BCUT2D eigenvalue weighted by atomic mass is 9.82. The molecule has 79 heavy (non-hydrogen) atoms. The average molecular weight is 1010 g/mol. The van der Waals surface area contributed by atoms with Gasteiger partial charge in [-0.3, -0.25) is 0 Å². The van der Waals surface area contributed by atoms with E-state index in [0.717, 1.165) is 50.8 Å². The van der Waals surface area contributed by atoms with Crippen LogP contribution >= 0.6 is 0 Å². The minimum absolute atomic E-state index is 0.140. The first kappa shape index (κ1) is 46.6. The number of nitrogens with zero attached hydrogens (tertiary/aromatic N) is 3. The quantitative estimate of drug-likeness (QED) is 0.143. The van der Waals surface area contributed by atoms with Gasteiger partial charge in [-0.25, -0.2) is 0 Å². The van der Waals surface area contributed by atoms with Crippen molar-refractivity contribution in [3.8, 4) is 50.2 Å². The predicted molar refractivity (Wildman–Crippen MR) is 334 cm³/mol. The van der Waals surface area contributed by atoms with Crippen molar-refractivity contribution in [1.82, 2.24) is 4.57 Å². The van der Waals surface area contributed by atoms with E-state index in [2.05, 4.69) is 315 Å². The Balaban J connectivity index is 0.899. The number of benzene rings is 12. The number of fused-ring (bicyclic) bond motifs is 10. The molecule has 0 bridgehead atoms. The molecule has 0 aliphatic heterocycles. The first-order chi connectivity index (χ1) is 38.7. The van der Waals surface area contributed by atoms with E-state index >= 15 is 0 Å². The summed E-state index contributed by atoms with van der Waals surface area (Å²) in [5.41, 5.74) is 25.3. The molecule has 0 radical (unpaired) electrons. The maximum atomic E-state index is 2.47. The number of hydrogen-bond donors (Lipinski definition) is 0. The van der Waals surface area contributed by atoms with Crippen molar-refractivity contribution in [2.45, 2.75) is 38.5 Å². The van der Waals surface area contributed by atoms with Crippen molar-refractivity contribution in [3.63, 3.8) is 0 Å². The van der Waals surface area contributed by atoms with Crippen molar-refractivity contribution in [3.05, 3.63) is 295 Å². The highest BCUT2D eigenvalue weighted by molar-refractivity contribution is 6.15. The molecule has 0 unspecified atom stereocenters. The molecule has 376 valence electrons. The molecule has 0 atom stereocenters. The van der Waals surface area contributed by atoms with Gasteiger partial charge in [0.25, 0.3) is 0 Å². The molecule has 2 aliphatic carbocycles. The maximum Gasteiger partial charge on any atom is 0.0561 e. The largest absolute Gasteiger partial charge is 0.310 e. The van der Waals surface area contributed by atoms with Gasteiger partial charge in [-0.05, 0) is 175 Å². The van der Waals surface area contributed by atoms with E-state index in [9.17, 15) is 0 Å². The molecule has 12 aromatic carbocycles. The first-order valence-electron chi connectivity index (χ1n) is 27.6. The van der Waals surface area contributed by atoms with Gasteiger partial charge in [-0.15, -0.1) is 0 Å². The zero-order chi connectivity index (χ0) is 53.0. The Kier molecular flexibility index (Phi) is 10.6. The summed E-state index contributed by atoms with van der Waals surface area (Å²) in [5.74, 6) is 0. The van der Waals surface area contributed by atoms with Crippen molar-refractivity contribution >= 4 is 66.7 Å².